The maximum atomic E-state index is 13.2. The lowest BCUT2D eigenvalue weighted by molar-refractivity contribution is -0.614. The maximum Gasteiger partial charge on any atom is 0.267 e. The van der Waals surface area contributed by atoms with Crippen LogP contribution in [0.5, 0.6) is 0 Å². The van der Waals surface area contributed by atoms with Crippen molar-refractivity contribution in [2.24, 2.45) is 0 Å². The molecule has 0 saturated heterocycles. The van der Waals surface area contributed by atoms with Crippen LogP contribution in [-0.4, -0.2) is 67.0 Å². The Morgan fingerprint density at radius 1 is 0.269 bits per heavy atom. The fourth-order valence-corrected chi connectivity index (χ4v) is 15.4. The summed E-state index contributed by atoms with van der Waals surface area (Å²) in [5, 5.41) is 44.1. The van der Waals surface area contributed by atoms with Gasteiger partial charge in [-0.1, -0.05) is 224 Å². The van der Waals surface area contributed by atoms with Crippen LogP contribution in [0.25, 0.3) is 0 Å². The monoisotopic (exact) mass is 1910 g/mol. The van der Waals surface area contributed by atoms with Gasteiger partial charge in [0.25, 0.3) is 74.5 Å². The molecular formula is C106H147N9O15S4. The molecule has 0 aliphatic rings. The van der Waals surface area contributed by atoms with Crippen LogP contribution in [0.4, 0.5) is 22.7 Å². The van der Waals surface area contributed by atoms with Gasteiger partial charge in [-0.25, -0.2) is 33.7 Å². The molecular weight excluding hydrogens is 1770 g/mol. The number of carbonyl (C=O) groups excluding carboxylic acids is 4. The van der Waals surface area contributed by atoms with Gasteiger partial charge < -0.3 is 15.6 Å². The highest BCUT2D eigenvalue weighted by atomic mass is 32.2. The second kappa shape index (κ2) is 64.3. The van der Waals surface area contributed by atoms with E-state index in [1.165, 1.54) is 85.3 Å². The lowest BCUT2D eigenvalue weighted by Crippen LogP contribution is -2.37. The molecule has 0 aliphatic carbocycles. The van der Waals surface area contributed by atoms with Gasteiger partial charge in [0, 0.05) is 54.6 Å². The van der Waals surface area contributed by atoms with Crippen LogP contribution >= 0.6 is 0 Å². The van der Waals surface area contributed by atoms with E-state index in [2.05, 4.69) is 29.1 Å². The van der Waals surface area contributed by atoms with Gasteiger partial charge in [0.2, 0.25) is 5.78 Å². The van der Waals surface area contributed by atoms with E-state index in [9.17, 15) is 68.5 Å². The van der Waals surface area contributed by atoms with Crippen molar-refractivity contribution in [3.8, 4) is 0 Å². The number of nitrogens with zero attached hydrogens (tertiary/aromatic N) is 5. The molecule has 0 aliphatic heterocycles. The van der Waals surface area contributed by atoms with Crippen molar-refractivity contribution in [1.29, 1.82) is 0 Å². The number of hydrogen-bond donors (Lipinski definition) is 4. The SMILES string of the molecule is CC.CC.CC.CC.CC.CC.CC.CC.CC.CC.CC.Cc1cc(NS(=O)(=O)c2ccccc2)c(C(=O)c2cccc[n+]2[O-])cc1C.Cc1ccc(S(=O)(=O)Nc2cc(C)c(C)cc2C(=O)c2c(C)ccc[n+]2[O-])cc1.Cc1ccc(S(=O)(=O)Nc2cc(C)c(C)cc2C(=O)c2cccc(C)[n+]2[O-])cc1.Cc1ccc(S(=O)(=O)Nc2cc(C)c(C)cc2C(=O)c2cccnn2)cc1. The number of benzene rings is 8. The van der Waals surface area contributed by atoms with Gasteiger partial charge in [-0.3, -0.25) is 38.1 Å². The second-order valence-corrected chi connectivity index (χ2v) is 33.4. The molecule has 12 rings (SSSR count). The predicted octanol–water partition coefficient (Wildman–Crippen LogP) is 24.9. The molecule has 4 N–H and O–H groups in total. The Bertz CT molecular complexity index is 6080. The van der Waals surface area contributed by atoms with Crippen molar-refractivity contribution in [2.75, 3.05) is 18.9 Å². The molecule has 24 nitrogen and oxygen atoms in total. The van der Waals surface area contributed by atoms with Crippen LogP contribution in [0.1, 0.15) is 289 Å². The topological polar surface area (TPSA) is 360 Å². The first-order valence-corrected chi connectivity index (χ1v) is 51.5. The minimum absolute atomic E-state index is 0.0356. The molecule has 0 atom stereocenters. The summed E-state index contributed by atoms with van der Waals surface area (Å²) in [4.78, 5) is 52.5. The van der Waals surface area contributed by atoms with Gasteiger partial charge in [0.1, 0.15) is 5.69 Å². The molecule has 28 heteroatoms. The van der Waals surface area contributed by atoms with Crippen LogP contribution in [0, 0.1) is 106 Å². The van der Waals surface area contributed by atoms with E-state index in [-0.39, 0.29) is 87.4 Å². The summed E-state index contributed by atoms with van der Waals surface area (Å²) >= 11 is 0. The lowest BCUT2D eigenvalue weighted by atomic mass is 9.98. The van der Waals surface area contributed by atoms with Crippen LogP contribution in [0.15, 0.2) is 250 Å². The number of anilines is 4. The molecule has 0 amide bonds. The molecule has 8 aromatic carbocycles. The summed E-state index contributed by atoms with van der Waals surface area (Å²) in [7, 11) is -15.5. The smallest absolute Gasteiger partial charge is 0.267 e. The molecule has 12 aromatic rings. The Morgan fingerprint density at radius 2 is 0.552 bits per heavy atom. The van der Waals surface area contributed by atoms with Crippen molar-refractivity contribution in [3.63, 3.8) is 0 Å². The van der Waals surface area contributed by atoms with Gasteiger partial charge in [0.15, 0.2) is 18.1 Å². The largest absolute Gasteiger partial charge is 0.618 e. The zero-order chi connectivity index (χ0) is 104. The number of hydrogen-bond acceptors (Lipinski definition) is 17. The molecule has 730 valence electrons. The molecule has 134 heavy (non-hydrogen) atoms. The summed E-state index contributed by atoms with van der Waals surface area (Å²) in [6.07, 6.45) is 3.94. The van der Waals surface area contributed by atoms with Crippen molar-refractivity contribution < 1.29 is 67.0 Å². The Hall–Kier alpha value is -12.6. The van der Waals surface area contributed by atoms with E-state index in [1.54, 1.807) is 159 Å². The van der Waals surface area contributed by atoms with E-state index in [0.717, 1.165) is 61.2 Å². The number of rotatable bonds is 20. The maximum absolute atomic E-state index is 13.2. The van der Waals surface area contributed by atoms with E-state index >= 15 is 0 Å². The van der Waals surface area contributed by atoms with Gasteiger partial charge in [-0.15, -0.1) is 5.10 Å². The summed E-state index contributed by atoms with van der Waals surface area (Å²) in [5.41, 5.74) is 11.6. The fourth-order valence-electron chi connectivity index (χ4n) is 11.1. The first-order chi connectivity index (χ1) is 63.8. The van der Waals surface area contributed by atoms with Crippen LogP contribution in [0.3, 0.4) is 0 Å². The normalized spacial score (nSPS) is 9.90. The zero-order valence-corrected chi connectivity index (χ0v) is 88.7. The van der Waals surface area contributed by atoms with Crippen molar-refractivity contribution in [2.45, 2.75) is 262 Å². The molecule has 0 radical (unpaired) electrons. The number of sulfonamides is 4. The third-order valence-electron chi connectivity index (χ3n) is 18.1. The van der Waals surface area contributed by atoms with Gasteiger partial charge in [-0.05, 0) is 255 Å². The van der Waals surface area contributed by atoms with Crippen molar-refractivity contribution >= 4 is 86.0 Å². The highest BCUT2D eigenvalue weighted by molar-refractivity contribution is 7.93. The van der Waals surface area contributed by atoms with Crippen LogP contribution < -0.4 is 33.1 Å². The lowest BCUT2D eigenvalue weighted by Gasteiger charge is -2.15. The summed E-state index contributed by atoms with van der Waals surface area (Å²) in [6.45, 7) is 67.5. The summed E-state index contributed by atoms with van der Waals surface area (Å²) < 4.78 is 114. The average Bonchev–Trinajstić information content (AvgIpc) is 0.796. The average molecular weight is 1920 g/mol. The highest BCUT2D eigenvalue weighted by Crippen LogP contribution is 2.32. The second-order valence-electron chi connectivity index (χ2n) is 26.7. The van der Waals surface area contributed by atoms with Gasteiger partial charge in [-0.2, -0.15) is 19.3 Å². The Kier molecular flexibility index (Phi) is 60.2. The molecule has 4 aromatic heterocycles. The first kappa shape index (κ1) is 126. The van der Waals surface area contributed by atoms with Gasteiger partial charge >= 0.3 is 0 Å². The van der Waals surface area contributed by atoms with E-state index < -0.39 is 63.2 Å². The number of ketones is 4. The van der Waals surface area contributed by atoms with E-state index in [1.807, 2.05) is 228 Å². The Balaban J connectivity index is -0.00000159. The third-order valence-corrected chi connectivity index (χ3v) is 23.7. The Labute approximate surface area is 802 Å². The van der Waals surface area contributed by atoms with E-state index in [4.69, 9.17) is 0 Å². The van der Waals surface area contributed by atoms with Crippen molar-refractivity contribution in [3.05, 3.63) is 364 Å². The Morgan fingerprint density at radius 3 is 0.866 bits per heavy atom. The van der Waals surface area contributed by atoms with Gasteiger partial charge in [0.05, 0.1) is 59.0 Å². The van der Waals surface area contributed by atoms with Crippen LogP contribution in [-0.2, 0) is 40.1 Å². The number of aryl methyl sites for hydroxylation is 13. The summed E-state index contributed by atoms with van der Waals surface area (Å²) in [5.74, 6) is -2.04. The first-order valence-electron chi connectivity index (χ1n) is 45.6. The standard InChI is InChI=1S/2C22H22N2O4S.C20H19N3O3S.C20H18N2O4S.11C2H6/c1-14-7-9-18(10-8-14)29(27,28)23-20-13-17(4)16(3)12-19(20)22(25)21-15(2)6-5-11-24(21)26;1-14-8-10-18(11-9-14)29(27,28)23-20-13-16(3)15(2)12-19(20)22(25)21-7-5-6-17(4)24(21)26;1-13-6-8-16(9-7-13)27(25,26)23-19-12-15(3)14(2)11-17(19)20(24)18-5-4-10-21-22-18;1-14-12-17(20(23)19-10-6-7-11-22(19)24)18(13-15(14)2)21-27(25,26)16-8-4-3-5-9-16;11*1-2/h2*5-13,23H,1-4H3;4-12,23H,1-3H3;3-13,21H,1-2H3;11*1-2H3. The number of pyridine rings is 3. The molecule has 4 heterocycles. The fraction of sp³-hybridized carbons (Fsp3) is 0.330. The van der Waals surface area contributed by atoms with Crippen LogP contribution in [0.2, 0.25) is 0 Å². The third kappa shape index (κ3) is 37.1. The van der Waals surface area contributed by atoms with Crippen molar-refractivity contribution in [1.82, 2.24) is 10.2 Å². The molecule has 0 fully saturated rings. The molecule has 0 spiro atoms. The predicted molar refractivity (Wildman–Crippen MR) is 553 cm³/mol. The number of aromatic nitrogens is 5. The molecule has 0 bridgehead atoms. The zero-order valence-electron chi connectivity index (χ0n) is 85.4. The number of nitrogens with one attached hydrogen (secondary N) is 4. The summed E-state index contributed by atoms with van der Waals surface area (Å²) in [6, 6.07) is 55.7. The van der Waals surface area contributed by atoms with E-state index in [0.29, 0.717) is 25.4 Å². The number of carbonyl (C=O) groups is 4. The minimum atomic E-state index is -3.91. The highest BCUT2D eigenvalue weighted by Gasteiger charge is 2.30. The minimum Gasteiger partial charge on any atom is -0.618 e. The molecule has 0 saturated carbocycles. The molecule has 0 unspecified atom stereocenters. The quantitative estimate of drug-likeness (QED) is 0.0313.